The number of pyridine rings is 1. The van der Waals surface area contributed by atoms with E-state index in [-0.39, 0.29) is 0 Å². The standard InChI is InChI=1S/C13H14ClN3/c1-8-5-11(15)13(16-7-8)17-12-4-3-10(14)6-9(12)2/h3-7H,15H2,1-2H3,(H,16,17). The van der Waals surface area contributed by atoms with Crippen LogP contribution in [0.3, 0.4) is 0 Å². The van der Waals surface area contributed by atoms with Crippen molar-refractivity contribution in [3.8, 4) is 0 Å². The number of nitrogens with zero attached hydrogens (tertiary/aromatic N) is 1. The molecule has 0 aliphatic heterocycles. The molecule has 1 aromatic carbocycles. The molecule has 1 heterocycles. The Morgan fingerprint density at radius 1 is 1.24 bits per heavy atom. The SMILES string of the molecule is Cc1cnc(Nc2ccc(Cl)cc2C)c(N)c1. The summed E-state index contributed by atoms with van der Waals surface area (Å²) in [5.41, 5.74) is 9.59. The van der Waals surface area contributed by atoms with Crippen LogP contribution >= 0.6 is 11.6 Å². The van der Waals surface area contributed by atoms with E-state index in [2.05, 4.69) is 10.3 Å². The smallest absolute Gasteiger partial charge is 0.153 e. The van der Waals surface area contributed by atoms with Crippen LogP contribution in [0.5, 0.6) is 0 Å². The van der Waals surface area contributed by atoms with Gasteiger partial charge in [-0.05, 0) is 49.2 Å². The molecule has 2 aromatic rings. The van der Waals surface area contributed by atoms with Gasteiger partial charge in [0.15, 0.2) is 5.82 Å². The fraction of sp³-hybridized carbons (Fsp3) is 0.154. The van der Waals surface area contributed by atoms with Gasteiger partial charge in [-0.15, -0.1) is 0 Å². The minimum Gasteiger partial charge on any atom is -0.396 e. The van der Waals surface area contributed by atoms with Crippen molar-refractivity contribution in [1.29, 1.82) is 0 Å². The number of aromatic nitrogens is 1. The summed E-state index contributed by atoms with van der Waals surface area (Å²) in [7, 11) is 0. The van der Waals surface area contributed by atoms with Gasteiger partial charge in [-0.2, -0.15) is 0 Å². The van der Waals surface area contributed by atoms with Gasteiger partial charge in [0.2, 0.25) is 0 Å². The van der Waals surface area contributed by atoms with Crippen molar-refractivity contribution in [1.82, 2.24) is 4.98 Å². The summed E-state index contributed by atoms with van der Waals surface area (Å²) in [6, 6.07) is 7.54. The molecule has 0 atom stereocenters. The molecule has 2 rings (SSSR count). The van der Waals surface area contributed by atoms with E-state index in [0.29, 0.717) is 11.5 Å². The minimum absolute atomic E-state index is 0.638. The van der Waals surface area contributed by atoms with Crippen LogP contribution in [0.2, 0.25) is 5.02 Å². The van der Waals surface area contributed by atoms with Crippen molar-refractivity contribution in [2.75, 3.05) is 11.1 Å². The van der Waals surface area contributed by atoms with E-state index in [1.54, 1.807) is 6.20 Å². The lowest BCUT2D eigenvalue weighted by molar-refractivity contribution is 1.26. The first-order chi connectivity index (χ1) is 8.06. The third-order valence-corrected chi connectivity index (χ3v) is 2.73. The summed E-state index contributed by atoms with van der Waals surface area (Å²) in [4.78, 5) is 4.27. The fourth-order valence-electron chi connectivity index (χ4n) is 1.59. The molecule has 0 fully saturated rings. The molecule has 88 valence electrons. The van der Waals surface area contributed by atoms with Crippen LogP contribution in [-0.2, 0) is 0 Å². The van der Waals surface area contributed by atoms with Crippen molar-refractivity contribution in [3.05, 3.63) is 46.6 Å². The quantitative estimate of drug-likeness (QED) is 0.851. The monoisotopic (exact) mass is 247 g/mol. The van der Waals surface area contributed by atoms with Gasteiger partial charge < -0.3 is 11.1 Å². The number of nitrogens with two attached hydrogens (primary N) is 1. The Kier molecular flexibility index (Phi) is 3.20. The van der Waals surface area contributed by atoms with E-state index >= 15 is 0 Å². The van der Waals surface area contributed by atoms with Crippen molar-refractivity contribution in [2.24, 2.45) is 0 Å². The molecule has 0 amide bonds. The Bertz CT molecular complexity index is 503. The molecule has 3 nitrogen and oxygen atoms in total. The number of halogens is 1. The van der Waals surface area contributed by atoms with Crippen LogP contribution in [-0.4, -0.2) is 4.98 Å². The lowest BCUT2D eigenvalue weighted by Crippen LogP contribution is -2.00. The van der Waals surface area contributed by atoms with Crippen LogP contribution in [0, 0.1) is 13.8 Å². The first-order valence-corrected chi connectivity index (χ1v) is 5.69. The molecule has 0 unspecified atom stereocenters. The number of nitrogens with one attached hydrogen (secondary N) is 1. The summed E-state index contributed by atoms with van der Waals surface area (Å²) in [5, 5.41) is 3.92. The normalized spacial score (nSPS) is 10.3. The van der Waals surface area contributed by atoms with Crippen molar-refractivity contribution < 1.29 is 0 Å². The van der Waals surface area contributed by atoms with E-state index in [0.717, 1.165) is 21.8 Å². The van der Waals surface area contributed by atoms with E-state index in [9.17, 15) is 0 Å². The molecular weight excluding hydrogens is 234 g/mol. The Labute approximate surface area is 106 Å². The number of anilines is 3. The predicted octanol–water partition coefficient (Wildman–Crippen LogP) is 3.68. The topological polar surface area (TPSA) is 50.9 Å². The van der Waals surface area contributed by atoms with E-state index in [1.165, 1.54) is 0 Å². The molecule has 0 spiro atoms. The third-order valence-electron chi connectivity index (χ3n) is 2.50. The molecule has 3 N–H and O–H groups in total. The van der Waals surface area contributed by atoms with E-state index < -0.39 is 0 Å². The van der Waals surface area contributed by atoms with E-state index in [1.807, 2.05) is 38.1 Å². The second-order valence-corrected chi connectivity index (χ2v) is 4.47. The average Bonchev–Trinajstić information content (AvgIpc) is 2.25. The summed E-state index contributed by atoms with van der Waals surface area (Å²) >= 11 is 5.90. The molecular formula is C13H14ClN3. The highest BCUT2D eigenvalue weighted by atomic mass is 35.5. The van der Waals surface area contributed by atoms with Crippen LogP contribution in [0.4, 0.5) is 17.2 Å². The molecule has 0 saturated carbocycles. The van der Waals surface area contributed by atoms with Gasteiger partial charge in [-0.3, -0.25) is 0 Å². The van der Waals surface area contributed by atoms with Crippen LogP contribution in [0.25, 0.3) is 0 Å². The Morgan fingerprint density at radius 3 is 2.65 bits per heavy atom. The average molecular weight is 248 g/mol. The first kappa shape index (κ1) is 11.7. The lowest BCUT2D eigenvalue weighted by atomic mass is 10.2. The van der Waals surface area contributed by atoms with Gasteiger partial charge in [0, 0.05) is 16.9 Å². The number of hydrogen-bond donors (Lipinski definition) is 2. The predicted molar refractivity (Wildman–Crippen MR) is 72.9 cm³/mol. The third kappa shape index (κ3) is 2.68. The summed E-state index contributed by atoms with van der Waals surface area (Å²) in [6.45, 7) is 3.94. The highest BCUT2D eigenvalue weighted by molar-refractivity contribution is 6.30. The number of nitrogen functional groups attached to an aromatic ring is 1. The molecule has 0 aliphatic rings. The zero-order chi connectivity index (χ0) is 12.4. The number of hydrogen-bond acceptors (Lipinski definition) is 3. The second kappa shape index (κ2) is 4.63. The molecule has 17 heavy (non-hydrogen) atoms. The summed E-state index contributed by atoms with van der Waals surface area (Å²) in [5.74, 6) is 0.668. The lowest BCUT2D eigenvalue weighted by Gasteiger charge is -2.11. The molecule has 0 aliphatic carbocycles. The molecule has 0 radical (unpaired) electrons. The van der Waals surface area contributed by atoms with Gasteiger partial charge in [0.05, 0.1) is 5.69 Å². The zero-order valence-corrected chi connectivity index (χ0v) is 10.5. The molecule has 0 saturated heterocycles. The largest absolute Gasteiger partial charge is 0.396 e. The highest BCUT2D eigenvalue weighted by Gasteiger charge is 2.04. The summed E-state index contributed by atoms with van der Waals surface area (Å²) in [6.07, 6.45) is 1.78. The fourth-order valence-corrected chi connectivity index (χ4v) is 1.82. The first-order valence-electron chi connectivity index (χ1n) is 5.31. The number of rotatable bonds is 2. The zero-order valence-electron chi connectivity index (χ0n) is 9.79. The van der Waals surface area contributed by atoms with E-state index in [4.69, 9.17) is 17.3 Å². The van der Waals surface area contributed by atoms with Gasteiger partial charge in [-0.25, -0.2) is 4.98 Å². The van der Waals surface area contributed by atoms with Gasteiger partial charge in [-0.1, -0.05) is 11.6 Å². The maximum absolute atomic E-state index is 5.90. The molecule has 1 aromatic heterocycles. The molecule has 0 bridgehead atoms. The number of aryl methyl sites for hydroxylation is 2. The number of benzene rings is 1. The van der Waals surface area contributed by atoms with Crippen molar-refractivity contribution >= 4 is 28.8 Å². The van der Waals surface area contributed by atoms with Gasteiger partial charge in [0.1, 0.15) is 0 Å². The van der Waals surface area contributed by atoms with Gasteiger partial charge >= 0.3 is 0 Å². The van der Waals surface area contributed by atoms with Crippen LogP contribution in [0.15, 0.2) is 30.5 Å². The van der Waals surface area contributed by atoms with Crippen LogP contribution < -0.4 is 11.1 Å². The molecule has 4 heteroatoms. The van der Waals surface area contributed by atoms with Gasteiger partial charge in [0.25, 0.3) is 0 Å². The Morgan fingerprint density at radius 2 is 2.00 bits per heavy atom. The van der Waals surface area contributed by atoms with Crippen LogP contribution in [0.1, 0.15) is 11.1 Å². The maximum Gasteiger partial charge on any atom is 0.153 e. The Balaban J connectivity index is 2.31. The minimum atomic E-state index is 0.638. The second-order valence-electron chi connectivity index (χ2n) is 4.03. The summed E-state index contributed by atoms with van der Waals surface area (Å²) < 4.78 is 0. The van der Waals surface area contributed by atoms with Crippen molar-refractivity contribution in [2.45, 2.75) is 13.8 Å². The highest BCUT2D eigenvalue weighted by Crippen LogP contribution is 2.25. The maximum atomic E-state index is 5.90. The Hall–Kier alpha value is -1.74. The van der Waals surface area contributed by atoms with Crippen molar-refractivity contribution in [3.63, 3.8) is 0 Å².